The minimum Gasteiger partial charge on any atom is -0.548 e. The third-order valence-electron chi connectivity index (χ3n) is 2.28. The van der Waals surface area contributed by atoms with Crippen molar-refractivity contribution in [2.24, 2.45) is 0 Å². The average Bonchev–Trinajstić information content (AvgIpc) is 2.37. The first-order chi connectivity index (χ1) is 8.65. The second-order valence-corrected chi connectivity index (χ2v) is 3.75. The predicted octanol–water partition coefficient (Wildman–Crippen LogP) is 0.345. The molecule has 0 atom stereocenters. The maximum Gasteiger partial charge on any atom is 0.255 e. The number of rotatable bonds is 7. The minimum absolute atomic E-state index is 0.329. The smallest absolute Gasteiger partial charge is 0.255 e. The molecule has 0 aliphatic heterocycles. The summed E-state index contributed by atoms with van der Waals surface area (Å²) in [5, 5.41) is 12.5. The van der Waals surface area contributed by atoms with Crippen molar-refractivity contribution < 1.29 is 19.4 Å². The fourth-order valence-corrected chi connectivity index (χ4v) is 1.35. The number of carbonyl (C=O) groups is 2. The molecule has 5 nitrogen and oxygen atoms in total. The number of unbranched alkanes of at least 4 members (excludes halogenated alkanes) is 1. The monoisotopic (exact) mass is 250 g/mol. The summed E-state index contributed by atoms with van der Waals surface area (Å²) in [5.74, 6) is -1.35. The van der Waals surface area contributed by atoms with Gasteiger partial charge in [-0.3, -0.25) is 4.79 Å². The number of amides is 1. The summed E-state index contributed by atoms with van der Waals surface area (Å²) >= 11 is 0. The Bertz CT molecular complexity index is 417. The second-order valence-electron chi connectivity index (χ2n) is 3.75. The van der Waals surface area contributed by atoms with Crippen molar-refractivity contribution >= 4 is 11.9 Å². The number of aliphatic carboxylic acids is 1. The molecule has 0 heterocycles. The zero-order chi connectivity index (χ0) is 13.4. The second kappa shape index (κ2) is 7.32. The molecular formula is C13H16NO4-. The maximum atomic E-state index is 11.7. The zero-order valence-corrected chi connectivity index (χ0v) is 10.3. The summed E-state index contributed by atoms with van der Waals surface area (Å²) in [5.41, 5.74) is 0.329. The Morgan fingerprint density at radius 3 is 2.72 bits per heavy atom. The van der Waals surface area contributed by atoms with Crippen LogP contribution in [0, 0.1) is 0 Å². The van der Waals surface area contributed by atoms with Crippen molar-refractivity contribution in [1.29, 1.82) is 0 Å². The molecule has 1 amide bonds. The van der Waals surface area contributed by atoms with Gasteiger partial charge in [0.25, 0.3) is 5.91 Å². The topological polar surface area (TPSA) is 78.5 Å². The van der Waals surface area contributed by atoms with Crippen molar-refractivity contribution in [2.75, 3.05) is 13.2 Å². The number of para-hydroxylation sites is 1. The van der Waals surface area contributed by atoms with E-state index in [9.17, 15) is 14.7 Å². The van der Waals surface area contributed by atoms with Crippen molar-refractivity contribution in [1.82, 2.24) is 5.32 Å². The Labute approximate surface area is 106 Å². The van der Waals surface area contributed by atoms with E-state index in [0.717, 1.165) is 12.8 Å². The molecule has 0 spiro atoms. The van der Waals surface area contributed by atoms with E-state index < -0.39 is 18.4 Å². The van der Waals surface area contributed by atoms with Gasteiger partial charge in [-0.1, -0.05) is 25.5 Å². The van der Waals surface area contributed by atoms with Crippen molar-refractivity contribution in [2.45, 2.75) is 19.8 Å². The van der Waals surface area contributed by atoms with E-state index in [2.05, 4.69) is 5.32 Å². The van der Waals surface area contributed by atoms with Crippen LogP contribution in [0.3, 0.4) is 0 Å². The van der Waals surface area contributed by atoms with Crippen LogP contribution >= 0.6 is 0 Å². The molecule has 0 saturated heterocycles. The summed E-state index contributed by atoms with van der Waals surface area (Å²) in [7, 11) is 0. The van der Waals surface area contributed by atoms with E-state index in [-0.39, 0.29) is 0 Å². The Kier molecular flexibility index (Phi) is 5.70. The van der Waals surface area contributed by atoms with Crippen molar-refractivity contribution in [3.8, 4) is 5.75 Å². The fraction of sp³-hybridized carbons (Fsp3) is 0.385. The molecule has 98 valence electrons. The SMILES string of the molecule is CCCCOc1ccccc1C(=O)NCC(=O)[O-]. The van der Waals surface area contributed by atoms with Crippen LogP contribution in [-0.2, 0) is 4.79 Å². The lowest BCUT2D eigenvalue weighted by atomic mass is 10.2. The molecule has 0 aliphatic rings. The van der Waals surface area contributed by atoms with Crippen LogP contribution in [0.4, 0.5) is 0 Å². The van der Waals surface area contributed by atoms with Gasteiger partial charge in [0.15, 0.2) is 0 Å². The van der Waals surface area contributed by atoms with E-state index in [1.54, 1.807) is 24.3 Å². The largest absolute Gasteiger partial charge is 0.548 e. The first-order valence-corrected chi connectivity index (χ1v) is 5.85. The lowest BCUT2D eigenvalue weighted by Crippen LogP contribution is -2.37. The van der Waals surface area contributed by atoms with Crippen LogP contribution in [0.5, 0.6) is 5.75 Å². The highest BCUT2D eigenvalue weighted by Crippen LogP contribution is 2.18. The average molecular weight is 250 g/mol. The summed E-state index contributed by atoms with van der Waals surface area (Å²) in [4.78, 5) is 22.0. The van der Waals surface area contributed by atoms with Crippen LogP contribution < -0.4 is 15.2 Å². The van der Waals surface area contributed by atoms with Gasteiger partial charge in [0.1, 0.15) is 5.75 Å². The van der Waals surface area contributed by atoms with Crippen molar-refractivity contribution in [3.05, 3.63) is 29.8 Å². The summed E-state index contributed by atoms with van der Waals surface area (Å²) in [6, 6.07) is 6.73. The van der Waals surface area contributed by atoms with E-state index in [1.165, 1.54) is 0 Å². The Morgan fingerprint density at radius 1 is 1.33 bits per heavy atom. The molecule has 1 N–H and O–H groups in total. The van der Waals surface area contributed by atoms with E-state index >= 15 is 0 Å². The molecule has 1 rings (SSSR count). The molecule has 0 radical (unpaired) electrons. The van der Waals surface area contributed by atoms with Crippen LogP contribution in [0.2, 0.25) is 0 Å². The Morgan fingerprint density at radius 2 is 2.06 bits per heavy atom. The van der Waals surface area contributed by atoms with Gasteiger partial charge in [0, 0.05) is 0 Å². The number of hydrogen-bond acceptors (Lipinski definition) is 4. The van der Waals surface area contributed by atoms with Crippen LogP contribution in [0.15, 0.2) is 24.3 Å². The molecular weight excluding hydrogens is 234 g/mol. The first-order valence-electron chi connectivity index (χ1n) is 5.85. The summed E-state index contributed by atoms with van der Waals surface area (Å²) in [6.45, 7) is 2.06. The molecule has 0 aliphatic carbocycles. The number of carboxylic acid groups (broad SMARTS) is 1. The molecule has 1 aromatic rings. The fourth-order valence-electron chi connectivity index (χ4n) is 1.35. The molecule has 5 heteroatoms. The number of nitrogens with one attached hydrogen (secondary N) is 1. The molecule has 1 aromatic carbocycles. The van der Waals surface area contributed by atoms with E-state index in [0.29, 0.717) is 17.9 Å². The van der Waals surface area contributed by atoms with Gasteiger partial charge in [-0.25, -0.2) is 0 Å². The van der Waals surface area contributed by atoms with Gasteiger partial charge >= 0.3 is 0 Å². The van der Waals surface area contributed by atoms with Gasteiger partial charge in [0.2, 0.25) is 0 Å². The van der Waals surface area contributed by atoms with Crippen molar-refractivity contribution in [3.63, 3.8) is 0 Å². The summed E-state index contributed by atoms with van der Waals surface area (Å²) < 4.78 is 5.48. The highest BCUT2D eigenvalue weighted by atomic mass is 16.5. The van der Waals surface area contributed by atoms with Crippen LogP contribution in [-0.4, -0.2) is 25.0 Å². The van der Waals surface area contributed by atoms with Gasteiger partial charge in [-0.15, -0.1) is 0 Å². The molecule has 0 saturated carbocycles. The lowest BCUT2D eigenvalue weighted by molar-refractivity contribution is -0.303. The Hall–Kier alpha value is -2.04. The first kappa shape index (κ1) is 14.0. The molecule has 0 unspecified atom stereocenters. The standard InChI is InChI=1S/C13H17NO4/c1-2-3-8-18-11-7-5-4-6-10(11)13(17)14-9-12(15)16/h4-7H,2-3,8-9H2,1H3,(H,14,17)(H,15,16)/p-1. The highest BCUT2D eigenvalue weighted by Gasteiger charge is 2.11. The summed E-state index contributed by atoms with van der Waals surface area (Å²) in [6.07, 6.45) is 1.90. The zero-order valence-electron chi connectivity index (χ0n) is 10.3. The van der Waals surface area contributed by atoms with E-state index in [4.69, 9.17) is 4.74 Å². The number of carboxylic acids is 1. The Balaban J connectivity index is 2.68. The van der Waals surface area contributed by atoms with Gasteiger partial charge in [0.05, 0.1) is 24.7 Å². The minimum atomic E-state index is -1.33. The number of carbonyl (C=O) groups excluding carboxylic acids is 2. The third kappa shape index (κ3) is 4.45. The van der Waals surface area contributed by atoms with Gasteiger partial charge in [-0.05, 0) is 18.6 Å². The predicted molar refractivity (Wildman–Crippen MR) is 64.2 cm³/mol. The van der Waals surface area contributed by atoms with Crippen LogP contribution in [0.1, 0.15) is 30.1 Å². The molecule has 18 heavy (non-hydrogen) atoms. The third-order valence-corrected chi connectivity index (χ3v) is 2.28. The number of benzene rings is 1. The molecule has 0 bridgehead atoms. The lowest BCUT2D eigenvalue weighted by Gasteiger charge is -2.11. The molecule has 0 aromatic heterocycles. The number of ether oxygens (including phenoxy) is 1. The van der Waals surface area contributed by atoms with Gasteiger partial charge in [-0.2, -0.15) is 0 Å². The normalized spacial score (nSPS) is 9.83. The molecule has 0 fully saturated rings. The quantitative estimate of drug-likeness (QED) is 0.708. The van der Waals surface area contributed by atoms with Crippen LogP contribution in [0.25, 0.3) is 0 Å². The number of hydrogen-bond donors (Lipinski definition) is 1. The van der Waals surface area contributed by atoms with E-state index in [1.807, 2.05) is 6.92 Å². The highest BCUT2D eigenvalue weighted by molar-refractivity contribution is 5.98. The maximum absolute atomic E-state index is 11.7. The van der Waals surface area contributed by atoms with Gasteiger partial charge < -0.3 is 20.0 Å².